The largest absolute Gasteiger partial charge is 0.310 e. The van der Waals surface area contributed by atoms with E-state index in [0.29, 0.717) is 0 Å². The molecule has 0 saturated heterocycles. The normalized spacial score (nSPS) is 11.4. The summed E-state index contributed by atoms with van der Waals surface area (Å²) in [5.74, 6) is 0. The maximum absolute atomic E-state index is 2.40. The molecule has 0 atom stereocenters. The van der Waals surface area contributed by atoms with Crippen LogP contribution < -0.4 is 14.7 Å². The number of benzene rings is 25. The van der Waals surface area contributed by atoms with E-state index in [-0.39, 0.29) is 0 Å². The first-order valence-corrected chi connectivity index (χ1v) is 50.7. The number of anilines is 9. The molecular formula is C142H98N6. The molecule has 3 aromatic heterocycles. The number of nitrogens with zero attached hydrogens (tertiary/aromatic N) is 6. The van der Waals surface area contributed by atoms with Gasteiger partial charge in [0, 0.05) is 100 Å². The Balaban J connectivity index is 0.000000112. The average Bonchev–Trinajstić information content (AvgIpc) is 1.57. The Hall–Kier alpha value is -19.7. The lowest BCUT2D eigenvalue weighted by Gasteiger charge is -2.27. The average molecular weight is 1890 g/mol. The van der Waals surface area contributed by atoms with Gasteiger partial charge in [-0.3, -0.25) is 0 Å². The molecule has 0 N–H and O–H groups in total. The van der Waals surface area contributed by atoms with Gasteiger partial charge in [0.05, 0.1) is 38.8 Å². The number of para-hydroxylation sites is 4. The molecule has 0 spiro atoms. The van der Waals surface area contributed by atoms with Crippen LogP contribution in [0, 0.1) is 0 Å². The zero-order valence-electron chi connectivity index (χ0n) is 81.3. The van der Waals surface area contributed by atoms with Gasteiger partial charge in [0.15, 0.2) is 0 Å². The Bertz CT molecular complexity index is 9530. The van der Waals surface area contributed by atoms with Crippen LogP contribution in [0.5, 0.6) is 0 Å². The predicted molar refractivity (Wildman–Crippen MR) is 629 cm³/mol. The highest BCUT2D eigenvalue weighted by molar-refractivity contribution is 6.26. The highest BCUT2D eigenvalue weighted by Gasteiger charge is 2.26. The van der Waals surface area contributed by atoms with E-state index in [9.17, 15) is 0 Å². The van der Waals surface area contributed by atoms with Gasteiger partial charge >= 0.3 is 0 Å². The maximum Gasteiger partial charge on any atom is 0.0547 e. The number of aromatic nitrogens is 3. The van der Waals surface area contributed by atoms with E-state index >= 15 is 0 Å². The highest BCUT2D eigenvalue weighted by Crippen LogP contribution is 2.50. The van der Waals surface area contributed by atoms with Gasteiger partial charge in [-0.2, -0.15) is 0 Å². The van der Waals surface area contributed by atoms with E-state index in [2.05, 4.69) is 623 Å². The quantitative estimate of drug-likeness (QED) is 0.0856. The van der Waals surface area contributed by atoms with Crippen molar-refractivity contribution in [2.24, 2.45) is 0 Å². The number of hydrogen-bond acceptors (Lipinski definition) is 3. The molecule has 696 valence electrons. The summed E-state index contributed by atoms with van der Waals surface area (Å²) in [6.45, 7) is 0. The topological polar surface area (TPSA) is 24.5 Å². The molecule has 0 bridgehead atoms. The van der Waals surface area contributed by atoms with Crippen LogP contribution in [0.1, 0.15) is 0 Å². The third kappa shape index (κ3) is 16.6. The van der Waals surface area contributed by atoms with E-state index in [0.717, 1.165) is 68.2 Å². The van der Waals surface area contributed by atoms with Gasteiger partial charge in [-0.15, -0.1) is 0 Å². The van der Waals surface area contributed by atoms with Crippen molar-refractivity contribution in [1.82, 2.24) is 13.7 Å². The molecule has 6 nitrogen and oxygen atoms in total. The lowest BCUT2D eigenvalue weighted by Crippen LogP contribution is -2.10. The summed E-state index contributed by atoms with van der Waals surface area (Å²) in [4.78, 5) is 7.17. The highest BCUT2D eigenvalue weighted by atomic mass is 15.2. The second kappa shape index (κ2) is 39.0. The molecule has 3 heterocycles. The zero-order chi connectivity index (χ0) is 98.2. The second-order valence-corrected chi connectivity index (χ2v) is 37.8. The van der Waals surface area contributed by atoms with Gasteiger partial charge in [0.1, 0.15) is 0 Å². The van der Waals surface area contributed by atoms with Crippen molar-refractivity contribution < 1.29 is 0 Å². The third-order valence-corrected chi connectivity index (χ3v) is 29.1. The van der Waals surface area contributed by atoms with Crippen molar-refractivity contribution in [3.05, 3.63) is 595 Å². The summed E-state index contributed by atoms with van der Waals surface area (Å²) in [6.07, 6.45) is 0. The van der Waals surface area contributed by atoms with Crippen molar-refractivity contribution in [2.75, 3.05) is 14.7 Å². The van der Waals surface area contributed by atoms with E-state index in [1.165, 1.54) is 175 Å². The number of fused-ring (bicyclic) bond motifs is 16. The molecule has 28 rings (SSSR count). The zero-order valence-corrected chi connectivity index (χ0v) is 81.3. The molecule has 0 radical (unpaired) electrons. The van der Waals surface area contributed by atoms with Crippen LogP contribution in [-0.4, -0.2) is 13.7 Å². The summed E-state index contributed by atoms with van der Waals surface area (Å²) in [7, 11) is 0. The van der Waals surface area contributed by atoms with E-state index in [4.69, 9.17) is 0 Å². The fourth-order valence-corrected chi connectivity index (χ4v) is 22.2. The predicted octanol–water partition coefficient (Wildman–Crippen LogP) is 39.4. The van der Waals surface area contributed by atoms with Gasteiger partial charge in [-0.25, -0.2) is 0 Å². The standard InChI is InChI=1S/C50H34N2.2C46H32N2/c1-3-13-35(14-4-1)36-25-28-41(29-26-36)51(42-21-11-18-39(33-42)45-24-12-17-37-15-7-9-22-44(37)45)43-30-32-48-47(34-43)50-46-23-10-8-16-38(46)27-31-49(50)52(48)40-19-5-2-6-20-40;1-4-13-33(14-5-1)35-23-27-38(28-24-35)47(39-29-25-36(26-30-39)34-15-6-2-7-16-34)43-22-12-20-41-40(43)31-32-45-46(41)42-19-10-11-21-44(42)48(45)37-17-8-3-9-18-37;1-4-12-33(13-5-1)35-20-25-39(26-21-35)47(40-27-22-36(23-28-40)34-14-6-2-7-15-34)41-29-31-44-43(32-41)46-42-19-11-10-16-37(42)24-30-45(46)48(44)38-17-8-3-9-18-38/h1-34H;2*1-32H. The van der Waals surface area contributed by atoms with Gasteiger partial charge in [-0.1, -0.05) is 419 Å². The molecule has 0 unspecified atom stereocenters. The van der Waals surface area contributed by atoms with Crippen LogP contribution in [0.15, 0.2) is 595 Å². The lowest BCUT2D eigenvalue weighted by atomic mass is 9.97. The monoisotopic (exact) mass is 1890 g/mol. The third-order valence-electron chi connectivity index (χ3n) is 29.1. The van der Waals surface area contributed by atoms with Crippen LogP contribution in [0.25, 0.3) is 192 Å². The van der Waals surface area contributed by atoms with Crippen molar-refractivity contribution in [3.63, 3.8) is 0 Å². The summed E-state index contributed by atoms with van der Waals surface area (Å²) in [5.41, 5.74) is 35.2. The van der Waals surface area contributed by atoms with Crippen molar-refractivity contribution >= 4 is 160 Å². The van der Waals surface area contributed by atoms with E-state index in [1.54, 1.807) is 0 Å². The molecule has 6 heteroatoms. The first-order valence-electron chi connectivity index (χ1n) is 50.7. The van der Waals surface area contributed by atoms with Crippen LogP contribution in [0.2, 0.25) is 0 Å². The summed E-state index contributed by atoms with van der Waals surface area (Å²) >= 11 is 0. The van der Waals surface area contributed by atoms with Crippen LogP contribution >= 0.6 is 0 Å². The molecule has 0 amide bonds. The smallest absolute Gasteiger partial charge is 0.0547 e. The Morgan fingerprint density at radius 1 is 0.122 bits per heavy atom. The van der Waals surface area contributed by atoms with Crippen molar-refractivity contribution in [2.45, 2.75) is 0 Å². The molecule has 25 aromatic carbocycles. The Morgan fingerprint density at radius 3 is 0.777 bits per heavy atom. The minimum absolute atomic E-state index is 1.10. The SMILES string of the molecule is c1ccc(-c2ccc(N(c3ccc(-c4ccccc4)cc3)c3ccc4c(c3)c3c5ccccc5ccc3n4-c3ccccc3)cc2)cc1.c1ccc(-c2ccc(N(c3ccc(-c4ccccc4)cc3)c3cccc4c3ccc3c4c4ccccc4n3-c3ccccc3)cc2)cc1.c1ccc(-c2ccc(N(c3cccc(-c4cccc5ccccc45)c3)c3ccc4c(c3)c3c5ccccc5ccc3n4-c3ccccc3)cc2)cc1. The van der Waals surface area contributed by atoms with Crippen LogP contribution in [0.4, 0.5) is 51.2 Å². The van der Waals surface area contributed by atoms with Crippen LogP contribution in [0.3, 0.4) is 0 Å². The van der Waals surface area contributed by atoms with Crippen molar-refractivity contribution in [1.29, 1.82) is 0 Å². The molecule has 0 aliphatic rings. The minimum atomic E-state index is 1.10. The van der Waals surface area contributed by atoms with Gasteiger partial charge in [0.2, 0.25) is 0 Å². The molecule has 0 fully saturated rings. The van der Waals surface area contributed by atoms with E-state index < -0.39 is 0 Å². The molecule has 0 aliphatic carbocycles. The second-order valence-electron chi connectivity index (χ2n) is 37.8. The molecule has 28 aromatic rings. The Kier molecular flexibility index (Phi) is 23.3. The first kappa shape index (κ1) is 88.5. The molecular weight excluding hydrogens is 1790 g/mol. The number of rotatable bonds is 18. The van der Waals surface area contributed by atoms with Gasteiger partial charge < -0.3 is 28.4 Å². The number of hydrogen-bond donors (Lipinski definition) is 0. The molecule has 148 heavy (non-hydrogen) atoms. The van der Waals surface area contributed by atoms with Gasteiger partial charge in [-0.05, 0) is 280 Å². The van der Waals surface area contributed by atoms with Crippen LogP contribution in [-0.2, 0) is 0 Å². The lowest BCUT2D eigenvalue weighted by molar-refractivity contribution is 1.18. The Labute approximate surface area is 860 Å². The Morgan fingerprint density at radius 2 is 0.378 bits per heavy atom. The first-order chi connectivity index (χ1) is 73.4. The fraction of sp³-hybridized carbons (Fsp3) is 0. The minimum Gasteiger partial charge on any atom is -0.310 e. The van der Waals surface area contributed by atoms with E-state index in [1.807, 2.05) is 0 Å². The molecule has 0 aliphatic heterocycles. The maximum atomic E-state index is 2.40. The summed E-state index contributed by atoms with van der Waals surface area (Å²) in [6, 6.07) is 214. The molecule has 0 saturated carbocycles. The summed E-state index contributed by atoms with van der Waals surface area (Å²) in [5, 5.41) is 17.5. The fourth-order valence-electron chi connectivity index (χ4n) is 22.2. The van der Waals surface area contributed by atoms with Gasteiger partial charge in [0.25, 0.3) is 0 Å². The van der Waals surface area contributed by atoms with Crippen molar-refractivity contribution in [3.8, 4) is 83.8 Å². The summed E-state index contributed by atoms with van der Waals surface area (Å²) < 4.78 is 7.19.